The molecule has 1 unspecified atom stereocenters. The van der Waals surface area contributed by atoms with Crippen LogP contribution in [0.15, 0.2) is 18.2 Å². The van der Waals surface area contributed by atoms with Gasteiger partial charge >= 0.3 is 0 Å². The minimum absolute atomic E-state index is 0.0664. The van der Waals surface area contributed by atoms with Gasteiger partial charge in [0.1, 0.15) is 6.07 Å². The third-order valence-electron chi connectivity index (χ3n) is 3.25. The number of carbonyl (C=O) groups excluding carboxylic acids is 1. The monoisotopic (exact) mass is 246 g/mol. The quantitative estimate of drug-likeness (QED) is 0.820. The number of anilines is 1. The predicted molar refractivity (Wildman–Crippen MR) is 71.4 cm³/mol. The number of likely N-dealkylation sites (N-methyl/N-ethyl adjacent to an activating group) is 1. The Kier molecular flexibility index (Phi) is 4.87. The fourth-order valence-electron chi connectivity index (χ4n) is 1.60. The van der Waals surface area contributed by atoms with Crippen molar-refractivity contribution in [2.45, 2.75) is 26.8 Å². The van der Waals surface area contributed by atoms with E-state index in [9.17, 15) is 4.79 Å². The summed E-state index contributed by atoms with van der Waals surface area (Å²) in [7, 11) is 1.84. The molecule has 1 amide bonds. The van der Waals surface area contributed by atoms with Gasteiger partial charge in [0, 0.05) is 12.6 Å². The first-order chi connectivity index (χ1) is 8.45. The van der Waals surface area contributed by atoms with Gasteiger partial charge in [-0.3, -0.25) is 4.79 Å². The molecule has 0 aromatic heterocycles. The molecular weight excluding hydrogens is 226 g/mol. The standard InChI is InChI=1S/C14H19N3O/c1-10-6-5-7-13(12(10)3)16-14(18)9-17(4)11(2)8-15/h5-7,11H,9H2,1-4H3,(H,16,18)/p+1/t11-/m0/s1. The molecule has 1 rings (SSSR count). The number of rotatable bonds is 4. The van der Waals surface area contributed by atoms with Crippen LogP contribution in [0.3, 0.4) is 0 Å². The Morgan fingerprint density at radius 3 is 2.78 bits per heavy atom. The lowest BCUT2D eigenvalue weighted by Crippen LogP contribution is -3.13. The number of hydrogen-bond acceptors (Lipinski definition) is 2. The molecular formula is C14H20N3O+. The molecule has 0 fully saturated rings. The molecule has 96 valence electrons. The van der Waals surface area contributed by atoms with Crippen LogP contribution < -0.4 is 10.2 Å². The number of nitrogens with one attached hydrogen (secondary N) is 2. The van der Waals surface area contributed by atoms with E-state index < -0.39 is 0 Å². The van der Waals surface area contributed by atoms with Crippen molar-refractivity contribution in [2.75, 3.05) is 18.9 Å². The zero-order valence-electron chi connectivity index (χ0n) is 11.4. The number of nitrogens with zero attached hydrogens (tertiary/aromatic N) is 1. The SMILES string of the molecule is Cc1cccc(NC(=O)C[NH+](C)[C@@H](C)C#N)c1C. The van der Waals surface area contributed by atoms with Crippen molar-refractivity contribution >= 4 is 11.6 Å². The first kappa shape index (κ1) is 14.2. The number of nitriles is 1. The summed E-state index contributed by atoms with van der Waals surface area (Å²) >= 11 is 0. The Bertz CT molecular complexity index is 476. The smallest absolute Gasteiger partial charge is 0.279 e. The van der Waals surface area contributed by atoms with Crippen molar-refractivity contribution in [1.29, 1.82) is 5.26 Å². The number of amides is 1. The normalized spacial score (nSPS) is 13.5. The minimum atomic E-state index is -0.186. The Hall–Kier alpha value is -1.86. The van der Waals surface area contributed by atoms with Gasteiger partial charge in [-0.1, -0.05) is 12.1 Å². The van der Waals surface area contributed by atoms with Crippen LogP contribution in [-0.4, -0.2) is 25.5 Å². The lowest BCUT2D eigenvalue weighted by atomic mass is 10.1. The zero-order chi connectivity index (χ0) is 13.7. The third kappa shape index (κ3) is 3.57. The summed E-state index contributed by atoms with van der Waals surface area (Å²) in [6, 6.07) is 7.78. The van der Waals surface area contributed by atoms with Crippen LogP contribution in [0.4, 0.5) is 5.69 Å². The van der Waals surface area contributed by atoms with E-state index >= 15 is 0 Å². The molecule has 0 aliphatic heterocycles. The molecule has 0 radical (unpaired) electrons. The van der Waals surface area contributed by atoms with Gasteiger partial charge in [-0.15, -0.1) is 0 Å². The van der Waals surface area contributed by atoms with Gasteiger partial charge in [0.2, 0.25) is 0 Å². The van der Waals surface area contributed by atoms with Crippen molar-refractivity contribution in [1.82, 2.24) is 0 Å². The first-order valence-electron chi connectivity index (χ1n) is 6.03. The predicted octanol–water partition coefficient (Wildman–Crippen LogP) is 0.669. The lowest BCUT2D eigenvalue weighted by Gasteiger charge is -2.16. The topological polar surface area (TPSA) is 57.3 Å². The largest absolute Gasteiger partial charge is 0.321 e. The van der Waals surface area contributed by atoms with Crippen LogP contribution in [0.5, 0.6) is 0 Å². The highest BCUT2D eigenvalue weighted by atomic mass is 16.2. The molecule has 2 N–H and O–H groups in total. The highest BCUT2D eigenvalue weighted by Gasteiger charge is 2.16. The maximum Gasteiger partial charge on any atom is 0.279 e. The molecule has 0 saturated heterocycles. The molecule has 4 nitrogen and oxygen atoms in total. The summed E-state index contributed by atoms with van der Waals surface area (Å²) in [6.45, 7) is 6.10. The summed E-state index contributed by atoms with van der Waals surface area (Å²) in [5.41, 5.74) is 3.08. The van der Waals surface area contributed by atoms with Gasteiger partial charge in [-0.05, 0) is 31.0 Å². The molecule has 0 heterocycles. The van der Waals surface area contributed by atoms with E-state index in [0.717, 1.165) is 21.7 Å². The van der Waals surface area contributed by atoms with Crippen molar-refractivity contribution < 1.29 is 9.69 Å². The van der Waals surface area contributed by atoms with Crippen molar-refractivity contribution in [3.8, 4) is 6.07 Å². The lowest BCUT2D eigenvalue weighted by molar-refractivity contribution is -0.886. The molecule has 1 aromatic rings. The molecule has 0 aliphatic rings. The van der Waals surface area contributed by atoms with Gasteiger partial charge in [-0.2, -0.15) is 5.26 Å². The van der Waals surface area contributed by atoms with Gasteiger partial charge in [0.05, 0.1) is 7.05 Å². The van der Waals surface area contributed by atoms with Crippen LogP contribution in [0.2, 0.25) is 0 Å². The van der Waals surface area contributed by atoms with E-state index in [1.165, 1.54) is 0 Å². The number of benzene rings is 1. The van der Waals surface area contributed by atoms with E-state index in [4.69, 9.17) is 5.26 Å². The van der Waals surface area contributed by atoms with E-state index in [2.05, 4.69) is 11.4 Å². The van der Waals surface area contributed by atoms with Gasteiger partial charge in [0.25, 0.3) is 5.91 Å². The van der Waals surface area contributed by atoms with E-state index in [-0.39, 0.29) is 11.9 Å². The van der Waals surface area contributed by atoms with Crippen molar-refractivity contribution in [2.24, 2.45) is 0 Å². The van der Waals surface area contributed by atoms with Crippen LogP contribution in [-0.2, 0) is 4.79 Å². The summed E-state index contributed by atoms with van der Waals surface area (Å²) in [5, 5.41) is 11.7. The summed E-state index contributed by atoms with van der Waals surface area (Å²) in [5.74, 6) is -0.0664. The van der Waals surface area contributed by atoms with Gasteiger partial charge < -0.3 is 10.2 Å². The van der Waals surface area contributed by atoms with Crippen molar-refractivity contribution in [3.63, 3.8) is 0 Å². The average Bonchev–Trinajstić information content (AvgIpc) is 2.33. The summed E-state index contributed by atoms with van der Waals surface area (Å²) in [4.78, 5) is 12.8. The fraction of sp³-hybridized carbons (Fsp3) is 0.429. The molecule has 0 spiro atoms. The number of carbonyl (C=O) groups is 1. The fourth-order valence-corrected chi connectivity index (χ4v) is 1.60. The second-order valence-electron chi connectivity index (χ2n) is 4.67. The van der Waals surface area contributed by atoms with Gasteiger partial charge in [0.15, 0.2) is 12.6 Å². The second kappa shape index (κ2) is 6.18. The first-order valence-corrected chi connectivity index (χ1v) is 6.03. The molecule has 4 heteroatoms. The molecule has 0 aliphatic carbocycles. The van der Waals surface area contributed by atoms with E-state index in [1.807, 2.05) is 39.1 Å². The summed E-state index contributed by atoms with van der Waals surface area (Å²) < 4.78 is 0. The van der Waals surface area contributed by atoms with Crippen LogP contribution in [0, 0.1) is 25.2 Å². The Labute approximate surface area is 108 Å². The highest BCUT2D eigenvalue weighted by Crippen LogP contribution is 2.17. The van der Waals surface area contributed by atoms with E-state index in [0.29, 0.717) is 6.54 Å². The minimum Gasteiger partial charge on any atom is -0.321 e. The Balaban J connectivity index is 2.66. The number of quaternary nitrogens is 1. The molecule has 2 atom stereocenters. The maximum absolute atomic E-state index is 11.9. The van der Waals surface area contributed by atoms with E-state index in [1.54, 1.807) is 6.92 Å². The zero-order valence-corrected chi connectivity index (χ0v) is 11.4. The maximum atomic E-state index is 11.9. The molecule has 18 heavy (non-hydrogen) atoms. The summed E-state index contributed by atoms with van der Waals surface area (Å²) in [6.07, 6.45) is 0. The molecule has 1 aromatic carbocycles. The molecule has 0 bridgehead atoms. The van der Waals surface area contributed by atoms with Crippen LogP contribution in [0.1, 0.15) is 18.1 Å². The number of hydrogen-bond donors (Lipinski definition) is 2. The van der Waals surface area contributed by atoms with Crippen LogP contribution in [0.25, 0.3) is 0 Å². The third-order valence-corrected chi connectivity index (χ3v) is 3.25. The number of aryl methyl sites for hydroxylation is 1. The van der Waals surface area contributed by atoms with Crippen molar-refractivity contribution in [3.05, 3.63) is 29.3 Å². The highest BCUT2D eigenvalue weighted by molar-refractivity contribution is 5.92. The molecule has 0 saturated carbocycles. The van der Waals surface area contributed by atoms with Gasteiger partial charge in [-0.25, -0.2) is 0 Å². The Morgan fingerprint density at radius 1 is 1.50 bits per heavy atom. The Morgan fingerprint density at radius 2 is 2.17 bits per heavy atom. The average molecular weight is 246 g/mol. The second-order valence-corrected chi connectivity index (χ2v) is 4.67. The van der Waals surface area contributed by atoms with Crippen LogP contribution >= 0.6 is 0 Å².